The molecule has 0 spiro atoms. The predicted molar refractivity (Wildman–Crippen MR) is 138 cm³/mol. The van der Waals surface area contributed by atoms with E-state index in [4.69, 9.17) is 0 Å². The molecule has 0 fully saturated rings. The zero-order valence-electron chi connectivity index (χ0n) is 20.1. The first-order valence-electron chi connectivity index (χ1n) is 10.3. The van der Waals surface area contributed by atoms with Crippen molar-refractivity contribution in [3.05, 3.63) is 133 Å². The molecule has 2 aliphatic rings. The minimum atomic E-state index is 0. The van der Waals surface area contributed by atoms with E-state index in [2.05, 4.69) is 120 Å². The maximum absolute atomic E-state index is 3.47. The van der Waals surface area contributed by atoms with Crippen LogP contribution in [0.25, 0.3) is 10.8 Å². The average molecular weight is 512 g/mol. The summed E-state index contributed by atoms with van der Waals surface area (Å²) in [4.78, 5) is 0. The van der Waals surface area contributed by atoms with E-state index in [0.717, 1.165) is 0 Å². The average Bonchev–Trinajstić information content (AvgIpc) is 3.33. The number of benzene rings is 3. The van der Waals surface area contributed by atoms with Crippen LogP contribution in [0, 0.1) is 32.9 Å². The summed E-state index contributed by atoms with van der Waals surface area (Å²) in [5.41, 5.74) is 8.20. The van der Waals surface area contributed by atoms with Crippen LogP contribution >= 0.6 is 0 Å². The fourth-order valence-corrected chi connectivity index (χ4v) is 4.06. The molecule has 2 heteroatoms. The van der Waals surface area contributed by atoms with Crippen LogP contribution in [0.3, 0.4) is 0 Å². The molecule has 0 bridgehead atoms. The molecular weight excluding hydrogens is 480 g/mol. The zero-order chi connectivity index (χ0) is 21.7. The van der Waals surface area contributed by atoms with E-state index >= 15 is 0 Å². The molecule has 0 saturated heterocycles. The Balaban J connectivity index is 0.000000339. The van der Waals surface area contributed by atoms with E-state index in [1.165, 1.54) is 67.5 Å². The molecule has 0 aliphatic heterocycles. The molecule has 0 saturated carbocycles. The summed E-state index contributed by atoms with van der Waals surface area (Å²) in [7, 11) is 0. The molecule has 0 heterocycles. The van der Waals surface area contributed by atoms with Crippen molar-refractivity contribution in [1.82, 2.24) is 0 Å². The van der Waals surface area contributed by atoms with Crippen molar-refractivity contribution in [2.45, 2.75) is 33.6 Å². The summed E-state index contributed by atoms with van der Waals surface area (Å²) in [6, 6.07) is 23.6. The van der Waals surface area contributed by atoms with E-state index < -0.39 is 0 Å². The molecular formula is C30H32SiZr-4. The van der Waals surface area contributed by atoms with Crippen LogP contribution in [-0.4, -0.2) is 6.88 Å². The van der Waals surface area contributed by atoms with E-state index in [-0.39, 0.29) is 14.9 Å². The van der Waals surface area contributed by atoms with Gasteiger partial charge >= 0.3 is 30.2 Å². The van der Waals surface area contributed by atoms with Gasteiger partial charge in [-0.25, -0.2) is 5.57 Å². The maximum atomic E-state index is 3.47. The van der Waals surface area contributed by atoms with Crippen molar-refractivity contribution in [2.75, 3.05) is 0 Å². The summed E-state index contributed by atoms with van der Waals surface area (Å²) in [6.07, 6.45) is 9.01. The van der Waals surface area contributed by atoms with Crippen LogP contribution < -0.4 is 0 Å². The Morgan fingerprint density at radius 3 is 2.00 bits per heavy atom. The van der Waals surface area contributed by atoms with Crippen molar-refractivity contribution >= 4 is 17.7 Å². The Morgan fingerprint density at radius 2 is 1.44 bits per heavy atom. The van der Waals surface area contributed by atoms with Gasteiger partial charge in [0.15, 0.2) is 0 Å². The normalized spacial score (nSPS) is 17.7. The Bertz CT molecular complexity index is 1120. The third-order valence-electron chi connectivity index (χ3n) is 6.09. The second kappa shape index (κ2) is 13.1. The quantitative estimate of drug-likeness (QED) is 0.230. The fraction of sp³-hybridized carbons (Fsp3) is 0.200. The van der Waals surface area contributed by atoms with Gasteiger partial charge < -0.3 is 14.9 Å². The summed E-state index contributed by atoms with van der Waals surface area (Å²) >= 11 is 1.36. The molecule has 2 aliphatic carbocycles. The first-order chi connectivity index (χ1) is 14.6. The van der Waals surface area contributed by atoms with E-state index in [1.54, 1.807) is 0 Å². The van der Waals surface area contributed by atoms with E-state index in [0.29, 0.717) is 11.8 Å². The van der Waals surface area contributed by atoms with Gasteiger partial charge in [0, 0.05) is 0 Å². The second-order valence-corrected chi connectivity index (χ2v) is 7.75. The topological polar surface area (TPSA) is 0 Å². The summed E-state index contributed by atoms with van der Waals surface area (Å²) < 4.78 is 0. The monoisotopic (exact) mass is 510 g/mol. The van der Waals surface area contributed by atoms with Gasteiger partial charge in [-0.2, -0.15) is 22.8 Å². The van der Waals surface area contributed by atoms with Crippen molar-refractivity contribution in [3.8, 4) is 0 Å². The predicted octanol–water partition coefficient (Wildman–Crippen LogP) is 7.93. The van der Waals surface area contributed by atoms with Gasteiger partial charge in [0.1, 0.15) is 0 Å². The van der Waals surface area contributed by atoms with Gasteiger partial charge in [-0.3, -0.25) is 6.08 Å². The first kappa shape index (κ1) is 28.3. The first-order valence-corrected chi connectivity index (χ1v) is 14.4. The fourth-order valence-electron chi connectivity index (χ4n) is 4.06. The number of allylic oxidation sites excluding steroid dienone is 5. The Kier molecular flexibility index (Phi) is 11.5. The van der Waals surface area contributed by atoms with Crippen LogP contribution in [0.4, 0.5) is 0 Å². The molecule has 164 valence electrons. The van der Waals surface area contributed by atoms with Crippen LogP contribution in [-0.2, 0) is 23.3 Å². The molecule has 2 radical (unpaired) electrons. The Hall–Kier alpha value is -1.76. The Labute approximate surface area is 212 Å². The second-order valence-electron chi connectivity index (χ2n) is 7.75. The van der Waals surface area contributed by atoms with Gasteiger partial charge in [0.05, 0.1) is 0 Å². The van der Waals surface area contributed by atoms with Crippen molar-refractivity contribution in [2.24, 2.45) is 5.92 Å². The van der Waals surface area contributed by atoms with Crippen molar-refractivity contribution in [3.63, 3.8) is 0 Å². The molecule has 0 nitrogen and oxygen atoms in total. The van der Waals surface area contributed by atoms with Gasteiger partial charge in [-0.1, -0.05) is 86.7 Å². The third kappa shape index (κ3) is 5.97. The third-order valence-corrected chi connectivity index (χ3v) is 6.09. The number of hydrogen-bond acceptors (Lipinski definition) is 0. The van der Waals surface area contributed by atoms with Crippen molar-refractivity contribution in [1.29, 1.82) is 0 Å². The molecule has 3 aromatic carbocycles. The number of rotatable bonds is 1. The van der Waals surface area contributed by atoms with Crippen LogP contribution in [0.1, 0.15) is 50.3 Å². The number of fused-ring (bicyclic) bond motifs is 3. The molecule has 0 amide bonds. The van der Waals surface area contributed by atoms with Crippen molar-refractivity contribution < 1.29 is 23.3 Å². The van der Waals surface area contributed by atoms with Gasteiger partial charge in [-0.15, -0.1) is 36.1 Å². The summed E-state index contributed by atoms with van der Waals surface area (Å²) in [6.45, 7) is 11.7. The molecule has 5 rings (SSSR count). The van der Waals surface area contributed by atoms with Gasteiger partial charge in [0.25, 0.3) is 0 Å². The van der Waals surface area contributed by atoms with Gasteiger partial charge in [0.2, 0.25) is 0 Å². The zero-order valence-corrected chi connectivity index (χ0v) is 23.5. The summed E-state index contributed by atoms with van der Waals surface area (Å²) in [5.74, 6) is 0.908. The van der Waals surface area contributed by atoms with Crippen LogP contribution in [0.2, 0.25) is 0 Å². The number of hydrogen-bond donors (Lipinski definition) is 0. The summed E-state index contributed by atoms with van der Waals surface area (Å²) in [5, 5.41) is 2.59. The van der Waals surface area contributed by atoms with Gasteiger partial charge in [-0.05, 0) is 11.5 Å². The van der Waals surface area contributed by atoms with Crippen LogP contribution in [0.5, 0.6) is 0 Å². The minimum absolute atomic E-state index is 0. The molecule has 32 heavy (non-hydrogen) atoms. The molecule has 0 N–H and O–H groups in total. The van der Waals surface area contributed by atoms with E-state index in [9.17, 15) is 0 Å². The van der Waals surface area contributed by atoms with E-state index in [1.807, 2.05) is 0 Å². The Morgan fingerprint density at radius 1 is 0.812 bits per heavy atom. The molecule has 0 aromatic heterocycles. The standard InChI is InChI=1S/C19H13.C9H13.2CH3.Si.Zr/c1-2-6-14(7-3-1)17-12-13-19-16-9-5-4-8-15(16)10-11-18(17)19;1-6-5-7(2)9(4)8(6)3;;;;/h1-12,17H;6H,1-4H3;2*1H3;;/q4*-1;;. The SMILES string of the molecule is CC1=[C-]C(C)C(C)=C1C.[C-]1=CC(c2ccccc2)c2ccc3ccccc3c21.[CH3-].[CH3-].[Si]=[Zr]. The van der Waals surface area contributed by atoms with Crippen LogP contribution in [0.15, 0.2) is 89.5 Å². The molecule has 3 aromatic rings. The molecule has 2 atom stereocenters. The molecule has 2 unspecified atom stereocenters.